The van der Waals surface area contributed by atoms with E-state index in [9.17, 15) is 9.18 Å². The summed E-state index contributed by atoms with van der Waals surface area (Å²) in [6.45, 7) is 1.94. The van der Waals surface area contributed by atoms with E-state index in [2.05, 4.69) is 0 Å². The summed E-state index contributed by atoms with van der Waals surface area (Å²) >= 11 is 0. The summed E-state index contributed by atoms with van der Waals surface area (Å²) in [4.78, 5) is 13.9. The van der Waals surface area contributed by atoms with Crippen molar-refractivity contribution >= 4 is 11.6 Å². The quantitative estimate of drug-likeness (QED) is 0.911. The molecule has 3 nitrogen and oxygen atoms in total. The van der Waals surface area contributed by atoms with E-state index in [-0.39, 0.29) is 5.91 Å². The first-order valence-electron chi connectivity index (χ1n) is 6.45. The maximum Gasteiger partial charge on any atom is 0.251 e. The predicted molar refractivity (Wildman–Crippen MR) is 75.6 cm³/mol. The number of para-hydroxylation sites is 1. The molecule has 0 saturated heterocycles. The molecule has 0 fully saturated rings. The fraction of sp³-hybridized carbons (Fsp3) is 0.188. The summed E-state index contributed by atoms with van der Waals surface area (Å²) in [5.41, 5.74) is 6.69. The number of fused-ring (bicyclic) bond motifs is 1. The number of hydrogen-bond acceptors (Lipinski definition) is 2. The molecule has 0 radical (unpaired) electrons. The molecular formula is C16H15FN2O. The van der Waals surface area contributed by atoms with Crippen LogP contribution in [0.5, 0.6) is 0 Å². The van der Waals surface area contributed by atoms with Gasteiger partial charge < -0.3 is 10.6 Å². The van der Waals surface area contributed by atoms with Gasteiger partial charge in [-0.2, -0.15) is 0 Å². The van der Waals surface area contributed by atoms with E-state index in [1.165, 1.54) is 11.0 Å². The molecule has 102 valence electrons. The highest BCUT2D eigenvalue weighted by Crippen LogP contribution is 2.40. The molecule has 4 heteroatoms. The number of hydrogen-bond donors (Lipinski definition) is 1. The van der Waals surface area contributed by atoms with Crippen molar-refractivity contribution in [2.45, 2.75) is 19.0 Å². The summed E-state index contributed by atoms with van der Waals surface area (Å²) in [5, 5.41) is 0. The Bertz CT molecular complexity index is 667. The number of benzene rings is 2. The number of nitrogens with two attached hydrogens (primary N) is 1. The lowest BCUT2D eigenvalue weighted by atomic mass is 9.95. The normalized spacial score (nSPS) is 21.1. The topological polar surface area (TPSA) is 46.3 Å². The van der Waals surface area contributed by atoms with Crippen molar-refractivity contribution in [3.05, 3.63) is 65.5 Å². The second kappa shape index (κ2) is 4.42. The van der Waals surface area contributed by atoms with Crippen LogP contribution in [0.2, 0.25) is 0 Å². The molecule has 1 atom stereocenters. The summed E-state index contributed by atoms with van der Waals surface area (Å²) < 4.78 is 14.1. The number of halogens is 1. The summed E-state index contributed by atoms with van der Waals surface area (Å²) in [6, 6.07) is 14.1. The largest absolute Gasteiger partial charge is 0.314 e. The van der Waals surface area contributed by atoms with Crippen LogP contribution in [0.15, 0.2) is 48.5 Å². The fourth-order valence-electron chi connectivity index (χ4n) is 2.62. The Balaban J connectivity index is 2.08. The molecule has 1 heterocycles. The van der Waals surface area contributed by atoms with Crippen LogP contribution >= 0.6 is 0 Å². The van der Waals surface area contributed by atoms with Crippen molar-refractivity contribution in [1.82, 2.24) is 0 Å². The number of nitrogens with zero attached hydrogens (tertiary/aromatic N) is 1. The molecular weight excluding hydrogens is 255 g/mol. The van der Waals surface area contributed by atoms with Crippen LogP contribution in [0.3, 0.4) is 0 Å². The third kappa shape index (κ3) is 1.80. The van der Waals surface area contributed by atoms with Gasteiger partial charge in [0.1, 0.15) is 11.4 Å². The number of carbonyl (C=O) groups excluding carboxylic acids is 1. The van der Waals surface area contributed by atoms with E-state index in [1.807, 2.05) is 30.3 Å². The van der Waals surface area contributed by atoms with Gasteiger partial charge in [-0.1, -0.05) is 42.5 Å². The van der Waals surface area contributed by atoms with E-state index in [0.29, 0.717) is 17.8 Å². The van der Waals surface area contributed by atoms with Crippen LogP contribution in [-0.4, -0.2) is 5.91 Å². The van der Waals surface area contributed by atoms with Crippen molar-refractivity contribution in [1.29, 1.82) is 0 Å². The summed E-state index contributed by atoms with van der Waals surface area (Å²) in [6.07, 6.45) is 0. The Morgan fingerprint density at radius 2 is 1.85 bits per heavy atom. The second-order valence-electron chi connectivity index (χ2n) is 5.22. The van der Waals surface area contributed by atoms with Crippen molar-refractivity contribution in [3.63, 3.8) is 0 Å². The average molecular weight is 270 g/mol. The highest BCUT2D eigenvalue weighted by molar-refractivity contribution is 6.07. The van der Waals surface area contributed by atoms with Crippen molar-refractivity contribution < 1.29 is 9.18 Å². The molecule has 1 aliphatic heterocycles. The Labute approximate surface area is 116 Å². The van der Waals surface area contributed by atoms with Gasteiger partial charge in [0.25, 0.3) is 5.91 Å². The minimum absolute atomic E-state index is 0.276. The Kier molecular flexibility index (Phi) is 2.83. The Hall–Kier alpha value is -2.20. The van der Waals surface area contributed by atoms with Crippen molar-refractivity contribution in [3.8, 4) is 0 Å². The molecule has 1 aliphatic rings. The highest BCUT2D eigenvalue weighted by atomic mass is 19.1. The molecule has 0 unspecified atom stereocenters. The predicted octanol–water partition coefficient (Wildman–Crippen LogP) is 2.55. The first-order valence-corrected chi connectivity index (χ1v) is 6.45. The molecule has 2 aromatic carbocycles. The molecule has 2 N–H and O–H groups in total. The average Bonchev–Trinajstić information content (AvgIpc) is 2.63. The van der Waals surface area contributed by atoms with Gasteiger partial charge in [-0.25, -0.2) is 4.39 Å². The standard InChI is InChI=1S/C16H15FN2O/c1-16(18)12-8-5-9-13(17)14(12)19(15(16)20)10-11-6-3-2-4-7-11/h2-9H,10,18H2,1H3/t16-/m1/s1. The second-order valence-corrected chi connectivity index (χ2v) is 5.22. The van der Waals surface area contributed by atoms with Gasteiger partial charge in [-0.15, -0.1) is 0 Å². The number of anilines is 1. The van der Waals surface area contributed by atoms with Gasteiger partial charge in [0, 0.05) is 5.56 Å². The van der Waals surface area contributed by atoms with Gasteiger partial charge in [-0.3, -0.25) is 4.79 Å². The lowest BCUT2D eigenvalue weighted by molar-refractivity contribution is -0.122. The third-order valence-corrected chi connectivity index (χ3v) is 3.69. The molecule has 0 bridgehead atoms. The maximum absolute atomic E-state index is 14.1. The lowest BCUT2D eigenvalue weighted by Crippen LogP contribution is -2.44. The zero-order valence-electron chi connectivity index (χ0n) is 11.1. The molecule has 3 rings (SSSR count). The summed E-state index contributed by atoms with van der Waals surface area (Å²) in [5.74, 6) is -0.692. The first-order chi connectivity index (χ1) is 9.51. The third-order valence-electron chi connectivity index (χ3n) is 3.69. The molecule has 0 aromatic heterocycles. The zero-order chi connectivity index (χ0) is 14.3. The smallest absolute Gasteiger partial charge is 0.251 e. The molecule has 1 amide bonds. The van der Waals surface area contributed by atoms with Crippen molar-refractivity contribution in [2.75, 3.05) is 4.90 Å². The van der Waals surface area contributed by atoms with E-state index < -0.39 is 11.4 Å². The lowest BCUT2D eigenvalue weighted by Gasteiger charge is -2.20. The van der Waals surface area contributed by atoms with Crippen molar-refractivity contribution in [2.24, 2.45) is 5.73 Å². The van der Waals surface area contributed by atoms with Crippen LogP contribution in [0.25, 0.3) is 0 Å². The zero-order valence-corrected chi connectivity index (χ0v) is 11.1. The van der Waals surface area contributed by atoms with Crippen LogP contribution < -0.4 is 10.6 Å². The molecule has 0 spiro atoms. The monoisotopic (exact) mass is 270 g/mol. The van der Waals surface area contributed by atoms with Gasteiger partial charge in [0.05, 0.1) is 12.2 Å². The SMILES string of the molecule is C[C@]1(N)C(=O)N(Cc2ccccc2)c2c(F)cccc21. The van der Waals surface area contributed by atoms with Gasteiger partial charge in [-0.05, 0) is 18.6 Å². The fourth-order valence-corrected chi connectivity index (χ4v) is 2.62. The van der Waals surface area contributed by atoms with Crippen LogP contribution in [0, 0.1) is 5.82 Å². The maximum atomic E-state index is 14.1. The molecule has 20 heavy (non-hydrogen) atoms. The minimum atomic E-state index is -1.17. The van der Waals surface area contributed by atoms with Gasteiger partial charge >= 0.3 is 0 Å². The van der Waals surface area contributed by atoms with Gasteiger partial charge in [0.15, 0.2) is 0 Å². The van der Waals surface area contributed by atoms with E-state index in [1.54, 1.807) is 19.1 Å². The molecule has 0 saturated carbocycles. The highest BCUT2D eigenvalue weighted by Gasteiger charge is 2.45. The number of carbonyl (C=O) groups is 1. The van der Waals surface area contributed by atoms with Crippen LogP contribution in [0.1, 0.15) is 18.1 Å². The van der Waals surface area contributed by atoms with E-state index in [4.69, 9.17) is 5.73 Å². The van der Waals surface area contributed by atoms with Crippen LogP contribution in [-0.2, 0) is 16.9 Å². The van der Waals surface area contributed by atoms with Crippen LogP contribution in [0.4, 0.5) is 10.1 Å². The van der Waals surface area contributed by atoms with E-state index >= 15 is 0 Å². The number of rotatable bonds is 2. The summed E-state index contributed by atoms with van der Waals surface area (Å²) in [7, 11) is 0. The number of amides is 1. The molecule has 0 aliphatic carbocycles. The Morgan fingerprint density at radius 3 is 2.55 bits per heavy atom. The van der Waals surface area contributed by atoms with E-state index in [0.717, 1.165) is 5.56 Å². The first kappa shape index (κ1) is 12.8. The minimum Gasteiger partial charge on any atom is -0.314 e. The Morgan fingerprint density at radius 1 is 1.15 bits per heavy atom. The molecule has 2 aromatic rings. The van der Waals surface area contributed by atoms with Gasteiger partial charge in [0.2, 0.25) is 0 Å².